The number of nitrogens with two attached hydrogens (primary N) is 1. The molecule has 0 amide bonds. The summed E-state index contributed by atoms with van der Waals surface area (Å²) in [5.74, 6) is 1.12. The Morgan fingerprint density at radius 3 is 2.71 bits per heavy atom. The minimum absolute atomic E-state index is 0.394. The summed E-state index contributed by atoms with van der Waals surface area (Å²) in [5.41, 5.74) is 6.42. The topological polar surface area (TPSA) is 110 Å². The molecule has 0 aliphatic rings. The Kier molecular flexibility index (Phi) is 4.64. The van der Waals surface area contributed by atoms with Gasteiger partial charge in [-0.3, -0.25) is 0 Å². The highest BCUT2D eigenvalue weighted by molar-refractivity contribution is 7.88. The molecule has 96 valence electrons. The van der Waals surface area contributed by atoms with E-state index in [1.165, 1.54) is 6.33 Å². The zero-order chi connectivity index (χ0) is 12.9. The van der Waals surface area contributed by atoms with Crippen molar-refractivity contribution in [3.05, 3.63) is 11.9 Å². The van der Waals surface area contributed by atoms with Gasteiger partial charge < -0.3 is 11.1 Å². The van der Waals surface area contributed by atoms with Crippen LogP contribution in [0.5, 0.6) is 0 Å². The number of sulfonamides is 1. The van der Waals surface area contributed by atoms with Crippen molar-refractivity contribution in [2.75, 3.05) is 30.4 Å². The Hall–Kier alpha value is -1.41. The molecule has 0 atom stereocenters. The molecule has 0 aliphatic heterocycles. The van der Waals surface area contributed by atoms with Crippen LogP contribution >= 0.6 is 0 Å². The Morgan fingerprint density at radius 1 is 1.35 bits per heavy atom. The second-order valence-electron chi connectivity index (χ2n) is 3.68. The largest absolute Gasteiger partial charge is 0.383 e. The van der Waals surface area contributed by atoms with Gasteiger partial charge in [-0.1, -0.05) is 0 Å². The summed E-state index contributed by atoms with van der Waals surface area (Å²) in [6, 6.07) is 0. The molecule has 1 heterocycles. The van der Waals surface area contributed by atoms with Crippen LogP contribution in [0, 0.1) is 6.92 Å². The smallest absolute Gasteiger partial charge is 0.208 e. The Bertz CT molecular complexity index is 474. The third-order valence-corrected chi connectivity index (χ3v) is 2.86. The molecule has 8 heteroatoms. The molecule has 0 saturated carbocycles. The predicted molar refractivity (Wildman–Crippen MR) is 67.1 cm³/mol. The number of rotatable bonds is 6. The van der Waals surface area contributed by atoms with E-state index >= 15 is 0 Å². The Balaban J connectivity index is 2.34. The van der Waals surface area contributed by atoms with E-state index in [2.05, 4.69) is 20.0 Å². The first-order valence-electron chi connectivity index (χ1n) is 5.16. The monoisotopic (exact) mass is 259 g/mol. The van der Waals surface area contributed by atoms with E-state index < -0.39 is 10.0 Å². The number of nitrogens with one attached hydrogen (secondary N) is 2. The second-order valence-corrected chi connectivity index (χ2v) is 5.51. The van der Waals surface area contributed by atoms with Crippen LogP contribution in [0.4, 0.5) is 11.6 Å². The van der Waals surface area contributed by atoms with E-state index in [-0.39, 0.29) is 0 Å². The van der Waals surface area contributed by atoms with E-state index in [1.54, 1.807) is 0 Å². The lowest BCUT2D eigenvalue weighted by Crippen LogP contribution is -2.24. The summed E-state index contributed by atoms with van der Waals surface area (Å²) in [6.07, 6.45) is 3.19. The molecule has 17 heavy (non-hydrogen) atoms. The van der Waals surface area contributed by atoms with Gasteiger partial charge in [0.1, 0.15) is 18.0 Å². The Labute approximate surface area is 101 Å². The summed E-state index contributed by atoms with van der Waals surface area (Å²) in [4.78, 5) is 7.90. The van der Waals surface area contributed by atoms with Crippen LogP contribution in [0.1, 0.15) is 12.0 Å². The molecular formula is C9H17N5O2S. The third-order valence-electron chi connectivity index (χ3n) is 2.13. The first-order valence-corrected chi connectivity index (χ1v) is 7.05. The van der Waals surface area contributed by atoms with Gasteiger partial charge in [-0.05, 0) is 13.3 Å². The van der Waals surface area contributed by atoms with Crippen molar-refractivity contribution >= 4 is 21.7 Å². The first-order chi connectivity index (χ1) is 7.90. The van der Waals surface area contributed by atoms with Gasteiger partial charge in [-0.15, -0.1) is 0 Å². The van der Waals surface area contributed by atoms with Crippen molar-refractivity contribution in [3.8, 4) is 0 Å². The standard InChI is InChI=1S/C9H17N5O2S/c1-7-8(10)12-6-13-9(7)11-4-3-5-14-17(2,15)16/h6,14H,3-5H2,1-2H3,(H3,10,11,12,13). The molecule has 0 aliphatic carbocycles. The van der Waals surface area contributed by atoms with Crippen molar-refractivity contribution in [1.29, 1.82) is 0 Å². The molecule has 1 aromatic heterocycles. The minimum Gasteiger partial charge on any atom is -0.383 e. The van der Waals surface area contributed by atoms with Gasteiger partial charge in [0.05, 0.1) is 6.26 Å². The van der Waals surface area contributed by atoms with Crippen molar-refractivity contribution in [2.24, 2.45) is 0 Å². The maximum absolute atomic E-state index is 10.8. The van der Waals surface area contributed by atoms with Crippen LogP contribution in [0.15, 0.2) is 6.33 Å². The van der Waals surface area contributed by atoms with Crippen LogP contribution in [-0.2, 0) is 10.0 Å². The molecule has 0 unspecified atom stereocenters. The number of anilines is 2. The third kappa shape index (κ3) is 4.96. The van der Waals surface area contributed by atoms with Crippen molar-refractivity contribution in [3.63, 3.8) is 0 Å². The Morgan fingerprint density at radius 2 is 2.06 bits per heavy atom. The zero-order valence-corrected chi connectivity index (χ0v) is 10.7. The number of hydrogen-bond donors (Lipinski definition) is 3. The molecule has 1 rings (SSSR count). The van der Waals surface area contributed by atoms with E-state index in [4.69, 9.17) is 5.73 Å². The van der Waals surface area contributed by atoms with Crippen molar-refractivity contribution < 1.29 is 8.42 Å². The van der Waals surface area contributed by atoms with Gasteiger partial charge in [0.2, 0.25) is 10.0 Å². The van der Waals surface area contributed by atoms with Gasteiger partial charge >= 0.3 is 0 Å². The fourth-order valence-electron chi connectivity index (χ4n) is 1.19. The maximum Gasteiger partial charge on any atom is 0.208 e. The minimum atomic E-state index is -3.11. The van der Waals surface area contributed by atoms with Crippen molar-refractivity contribution in [1.82, 2.24) is 14.7 Å². The van der Waals surface area contributed by atoms with Crippen molar-refractivity contribution in [2.45, 2.75) is 13.3 Å². The molecule has 0 radical (unpaired) electrons. The summed E-state index contributed by atoms with van der Waals surface area (Å²) < 4.78 is 24.0. The number of aromatic nitrogens is 2. The van der Waals surface area contributed by atoms with Gasteiger partial charge in [-0.2, -0.15) is 0 Å². The average Bonchev–Trinajstić information content (AvgIpc) is 2.22. The maximum atomic E-state index is 10.8. The predicted octanol–water partition coefficient (Wildman–Crippen LogP) is -0.282. The van der Waals surface area contributed by atoms with Crippen LogP contribution in [0.2, 0.25) is 0 Å². The SMILES string of the molecule is Cc1c(N)ncnc1NCCCNS(C)(=O)=O. The molecule has 4 N–H and O–H groups in total. The molecule has 1 aromatic rings. The number of hydrogen-bond acceptors (Lipinski definition) is 6. The lowest BCUT2D eigenvalue weighted by Gasteiger charge is -2.09. The summed E-state index contributed by atoms with van der Waals surface area (Å²) in [5, 5.41) is 3.07. The molecule has 0 saturated heterocycles. The van der Waals surface area contributed by atoms with Gasteiger partial charge in [0.15, 0.2) is 0 Å². The van der Waals surface area contributed by atoms with E-state index in [0.717, 1.165) is 11.8 Å². The van der Waals surface area contributed by atoms with Crippen LogP contribution < -0.4 is 15.8 Å². The molecule has 0 fully saturated rings. The summed E-state index contributed by atoms with van der Waals surface area (Å²) in [6.45, 7) is 2.83. The van der Waals surface area contributed by atoms with Gasteiger partial charge in [0, 0.05) is 18.7 Å². The lowest BCUT2D eigenvalue weighted by molar-refractivity contribution is 0.586. The van der Waals surface area contributed by atoms with Gasteiger partial charge in [-0.25, -0.2) is 23.1 Å². The molecular weight excluding hydrogens is 242 g/mol. The summed E-state index contributed by atoms with van der Waals surface area (Å²) >= 11 is 0. The molecule has 7 nitrogen and oxygen atoms in total. The van der Waals surface area contributed by atoms with Gasteiger partial charge in [0.25, 0.3) is 0 Å². The lowest BCUT2D eigenvalue weighted by atomic mass is 10.3. The number of nitrogen functional groups attached to an aromatic ring is 1. The fraction of sp³-hybridized carbons (Fsp3) is 0.556. The normalized spacial score (nSPS) is 11.4. The molecule has 0 spiro atoms. The number of nitrogens with zero attached hydrogens (tertiary/aromatic N) is 2. The van der Waals surface area contributed by atoms with Crippen LogP contribution in [0.25, 0.3) is 0 Å². The summed E-state index contributed by atoms with van der Waals surface area (Å²) in [7, 11) is -3.11. The van der Waals surface area contributed by atoms with E-state index in [0.29, 0.717) is 31.1 Å². The highest BCUT2D eigenvalue weighted by Gasteiger charge is 2.03. The van der Waals surface area contributed by atoms with Crippen LogP contribution in [-0.4, -0.2) is 37.7 Å². The van der Waals surface area contributed by atoms with E-state index in [1.807, 2.05) is 6.92 Å². The molecule has 0 bridgehead atoms. The zero-order valence-electron chi connectivity index (χ0n) is 9.90. The fourth-order valence-corrected chi connectivity index (χ4v) is 1.71. The first kappa shape index (κ1) is 13.7. The van der Waals surface area contributed by atoms with Crippen LogP contribution in [0.3, 0.4) is 0 Å². The second kappa shape index (κ2) is 5.78. The quantitative estimate of drug-likeness (QED) is 0.606. The van der Waals surface area contributed by atoms with E-state index in [9.17, 15) is 8.42 Å². The highest BCUT2D eigenvalue weighted by atomic mass is 32.2. The molecule has 0 aromatic carbocycles. The average molecular weight is 259 g/mol. The highest BCUT2D eigenvalue weighted by Crippen LogP contribution is 2.14.